The van der Waals surface area contributed by atoms with Gasteiger partial charge in [0.15, 0.2) is 0 Å². The zero-order valence-corrected chi connectivity index (χ0v) is 16.0. The monoisotopic (exact) mass is 363 g/mol. The molecule has 3 rings (SSSR count). The summed E-state index contributed by atoms with van der Waals surface area (Å²) < 4.78 is 10.8. The van der Waals surface area contributed by atoms with Crippen molar-refractivity contribution in [3.05, 3.63) is 22.5 Å². The molecule has 144 valence electrons. The lowest BCUT2D eigenvalue weighted by molar-refractivity contribution is 0.0429. The normalized spacial score (nSPS) is 21.2. The number of carbonyl (C=O) groups is 2. The minimum absolute atomic E-state index is 0.0436. The van der Waals surface area contributed by atoms with Crippen LogP contribution in [-0.4, -0.2) is 78.7 Å². The summed E-state index contributed by atoms with van der Waals surface area (Å²) >= 11 is 0. The van der Waals surface area contributed by atoms with E-state index in [4.69, 9.17) is 9.47 Å². The van der Waals surface area contributed by atoms with Gasteiger partial charge in [-0.15, -0.1) is 0 Å². The topological polar surface area (TPSA) is 74.9 Å². The van der Waals surface area contributed by atoms with Crippen LogP contribution in [0.3, 0.4) is 0 Å². The number of aryl methyl sites for hydroxylation is 1. The van der Waals surface area contributed by atoms with Gasteiger partial charge in [0.25, 0.3) is 5.91 Å². The quantitative estimate of drug-likeness (QED) is 0.807. The van der Waals surface area contributed by atoms with Crippen LogP contribution < -0.4 is 0 Å². The van der Waals surface area contributed by atoms with Crippen molar-refractivity contribution in [3.63, 3.8) is 0 Å². The summed E-state index contributed by atoms with van der Waals surface area (Å²) in [6.07, 6.45) is 2.63. The molecule has 0 saturated carbocycles. The van der Waals surface area contributed by atoms with E-state index in [0.717, 1.165) is 39.1 Å². The van der Waals surface area contributed by atoms with E-state index in [-0.39, 0.29) is 11.9 Å². The van der Waals surface area contributed by atoms with Crippen molar-refractivity contribution in [2.45, 2.75) is 39.7 Å². The van der Waals surface area contributed by atoms with E-state index in [1.807, 2.05) is 4.90 Å². The zero-order valence-electron chi connectivity index (χ0n) is 16.0. The maximum atomic E-state index is 12.9. The number of nitrogens with one attached hydrogen (secondary N) is 1. The third kappa shape index (κ3) is 3.94. The molecule has 1 amide bonds. The second-order valence-electron chi connectivity index (χ2n) is 7.07. The van der Waals surface area contributed by atoms with Crippen LogP contribution >= 0.6 is 0 Å². The molecule has 0 radical (unpaired) electrons. The minimum atomic E-state index is -0.376. The molecular formula is C19H29N3O4. The Morgan fingerprint density at radius 3 is 2.58 bits per heavy atom. The van der Waals surface area contributed by atoms with Crippen LogP contribution in [0.1, 0.15) is 51.9 Å². The van der Waals surface area contributed by atoms with Crippen molar-refractivity contribution in [2.24, 2.45) is 0 Å². The molecule has 0 aromatic carbocycles. The van der Waals surface area contributed by atoms with Crippen LogP contribution in [0.2, 0.25) is 0 Å². The van der Waals surface area contributed by atoms with Crippen molar-refractivity contribution in [3.8, 4) is 0 Å². The lowest BCUT2D eigenvalue weighted by Crippen LogP contribution is -2.50. The van der Waals surface area contributed by atoms with Gasteiger partial charge >= 0.3 is 5.97 Å². The minimum Gasteiger partial charge on any atom is -0.462 e. The molecule has 26 heavy (non-hydrogen) atoms. The highest BCUT2D eigenvalue weighted by Gasteiger charge is 2.29. The summed E-state index contributed by atoms with van der Waals surface area (Å²) in [5, 5.41) is 0. The fourth-order valence-corrected chi connectivity index (χ4v) is 3.84. The van der Waals surface area contributed by atoms with Gasteiger partial charge < -0.3 is 19.4 Å². The molecule has 1 N–H and O–H groups in total. The van der Waals surface area contributed by atoms with Gasteiger partial charge in [-0.05, 0) is 39.2 Å². The molecule has 1 atom stereocenters. The molecule has 2 aliphatic rings. The number of nitrogens with zero attached hydrogens (tertiary/aromatic N) is 2. The first-order valence-corrected chi connectivity index (χ1v) is 9.50. The van der Waals surface area contributed by atoms with Crippen molar-refractivity contribution in [1.82, 2.24) is 14.8 Å². The first kappa shape index (κ1) is 18.9. The Kier molecular flexibility index (Phi) is 5.98. The van der Waals surface area contributed by atoms with Gasteiger partial charge in [0.05, 0.1) is 18.3 Å². The number of aromatic amines is 1. The highest BCUT2D eigenvalue weighted by Crippen LogP contribution is 2.21. The van der Waals surface area contributed by atoms with Crippen molar-refractivity contribution in [1.29, 1.82) is 0 Å². The molecule has 7 nitrogen and oxygen atoms in total. The number of rotatable bonds is 5. The van der Waals surface area contributed by atoms with E-state index in [1.54, 1.807) is 20.8 Å². The average molecular weight is 363 g/mol. The summed E-state index contributed by atoms with van der Waals surface area (Å²) in [6.45, 7) is 10.6. The summed E-state index contributed by atoms with van der Waals surface area (Å²) in [7, 11) is 0. The van der Waals surface area contributed by atoms with Crippen LogP contribution in [0.4, 0.5) is 0 Å². The molecule has 0 bridgehead atoms. The van der Waals surface area contributed by atoms with Crippen molar-refractivity contribution in [2.75, 3.05) is 45.9 Å². The predicted molar refractivity (Wildman–Crippen MR) is 97.5 cm³/mol. The van der Waals surface area contributed by atoms with Gasteiger partial charge in [0, 0.05) is 45.0 Å². The first-order chi connectivity index (χ1) is 12.5. The van der Waals surface area contributed by atoms with E-state index < -0.39 is 0 Å². The zero-order chi connectivity index (χ0) is 18.7. The van der Waals surface area contributed by atoms with Crippen LogP contribution in [-0.2, 0) is 9.47 Å². The number of amides is 1. The number of piperazine rings is 1. The first-order valence-electron chi connectivity index (χ1n) is 9.50. The maximum absolute atomic E-state index is 12.9. The Hall–Kier alpha value is -1.86. The van der Waals surface area contributed by atoms with Crippen LogP contribution in [0.5, 0.6) is 0 Å². The fraction of sp³-hybridized carbons (Fsp3) is 0.684. The molecule has 0 unspecified atom stereocenters. The standard InChI is InChI=1S/C19H29N3O4/c1-4-25-19(24)16-13(2)17(20-14(16)3)18(23)22-9-7-21(8-10-22)12-15-6-5-11-26-15/h15,20H,4-12H2,1-3H3/t15-/m0/s1. The maximum Gasteiger partial charge on any atom is 0.340 e. The SMILES string of the molecule is CCOC(=O)c1c(C)[nH]c(C(=O)N2CCN(C[C@@H]3CCCO3)CC2)c1C. The number of H-pyrrole nitrogens is 1. The molecule has 0 aliphatic carbocycles. The number of hydrogen-bond acceptors (Lipinski definition) is 5. The van der Waals surface area contributed by atoms with Crippen LogP contribution in [0.15, 0.2) is 0 Å². The molecule has 0 spiro atoms. The predicted octanol–water partition coefficient (Wildman–Crippen LogP) is 1.75. The molecule has 2 aliphatic heterocycles. The number of hydrogen-bond donors (Lipinski definition) is 1. The highest BCUT2D eigenvalue weighted by atomic mass is 16.5. The number of ether oxygens (including phenoxy) is 2. The number of carbonyl (C=O) groups excluding carboxylic acids is 2. The number of esters is 1. The van der Waals surface area contributed by atoms with Crippen molar-refractivity contribution >= 4 is 11.9 Å². The Labute approximate surface area is 154 Å². The Bertz CT molecular complexity index is 656. The van der Waals surface area contributed by atoms with Gasteiger partial charge in [-0.25, -0.2) is 4.79 Å². The third-order valence-electron chi connectivity index (χ3n) is 5.28. The molecule has 3 heterocycles. The van der Waals surface area contributed by atoms with E-state index in [2.05, 4.69) is 9.88 Å². The summed E-state index contributed by atoms with van der Waals surface area (Å²) in [5.41, 5.74) is 2.33. The van der Waals surface area contributed by atoms with Crippen molar-refractivity contribution < 1.29 is 19.1 Å². The third-order valence-corrected chi connectivity index (χ3v) is 5.28. The summed E-state index contributed by atoms with van der Waals surface area (Å²) in [6, 6.07) is 0. The van der Waals surface area contributed by atoms with Gasteiger partial charge in [0.1, 0.15) is 5.69 Å². The molecule has 2 fully saturated rings. The molecular weight excluding hydrogens is 334 g/mol. The van der Waals surface area contributed by atoms with Crippen LogP contribution in [0, 0.1) is 13.8 Å². The second kappa shape index (κ2) is 8.22. The smallest absolute Gasteiger partial charge is 0.340 e. The van der Waals surface area contributed by atoms with E-state index >= 15 is 0 Å². The number of aromatic nitrogens is 1. The Morgan fingerprint density at radius 1 is 1.23 bits per heavy atom. The fourth-order valence-electron chi connectivity index (χ4n) is 3.84. The lowest BCUT2D eigenvalue weighted by Gasteiger charge is -2.35. The summed E-state index contributed by atoms with van der Waals surface area (Å²) in [5.74, 6) is -0.419. The lowest BCUT2D eigenvalue weighted by atomic mass is 10.1. The second-order valence-corrected chi connectivity index (χ2v) is 7.07. The van der Waals surface area contributed by atoms with E-state index in [9.17, 15) is 9.59 Å². The molecule has 1 aromatic rings. The highest BCUT2D eigenvalue weighted by molar-refractivity contribution is 6.00. The Morgan fingerprint density at radius 2 is 1.96 bits per heavy atom. The van der Waals surface area contributed by atoms with Gasteiger partial charge in [-0.3, -0.25) is 9.69 Å². The molecule has 7 heteroatoms. The molecule has 2 saturated heterocycles. The Balaban J connectivity index is 1.61. The van der Waals surface area contributed by atoms with Crippen LogP contribution in [0.25, 0.3) is 0 Å². The van der Waals surface area contributed by atoms with Gasteiger partial charge in [0.2, 0.25) is 0 Å². The molecule has 1 aromatic heterocycles. The largest absolute Gasteiger partial charge is 0.462 e. The van der Waals surface area contributed by atoms with Gasteiger partial charge in [-0.1, -0.05) is 0 Å². The van der Waals surface area contributed by atoms with Gasteiger partial charge in [-0.2, -0.15) is 0 Å². The average Bonchev–Trinajstić information content (AvgIpc) is 3.23. The van der Waals surface area contributed by atoms with E-state index in [1.165, 1.54) is 0 Å². The summed E-state index contributed by atoms with van der Waals surface area (Å²) in [4.78, 5) is 32.4. The van der Waals surface area contributed by atoms with E-state index in [0.29, 0.717) is 48.3 Å².